The molecule has 0 bridgehead atoms. The molecular weight excluding hydrogens is 360 g/mol. The van der Waals surface area contributed by atoms with Gasteiger partial charge in [-0.05, 0) is 24.6 Å². The maximum atomic E-state index is 13.1. The predicted octanol–water partition coefficient (Wildman–Crippen LogP) is -0.132. The van der Waals surface area contributed by atoms with E-state index in [9.17, 15) is 14.4 Å². The normalized spacial score (nSPS) is 25.2. The number of carbonyl (C=O) groups excluding carboxylic acids is 3. The summed E-state index contributed by atoms with van der Waals surface area (Å²) in [4.78, 5) is 40.5. The molecule has 28 heavy (non-hydrogen) atoms. The van der Waals surface area contributed by atoms with E-state index in [4.69, 9.17) is 4.74 Å². The Bertz CT molecular complexity index is 790. The number of nitrogens with zero attached hydrogens (tertiary/aromatic N) is 2. The lowest BCUT2D eigenvalue weighted by molar-refractivity contribution is -0.136. The number of hydrogen-bond donors (Lipinski definition) is 2. The second kappa shape index (κ2) is 7.98. The number of ether oxygens (including phenoxy) is 1. The fourth-order valence-electron chi connectivity index (χ4n) is 4.26. The molecule has 0 aromatic heterocycles. The van der Waals surface area contributed by atoms with E-state index in [1.807, 2.05) is 25.2 Å². The van der Waals surface area contributed by atoms with Gasteiger partial charge in [-0.1, -0.05) is 18.2 Å². The van der Waals surface area contributed by atoms with E-state index in [1.54, 1.807) is 4.90 Å². The van der Waals surface area contributed by atoms with Crippen LogP contribution in [-0.4, -0.2) is 73.0 Å². The van der Waals surface area contributed by atoms with Crippen LogP contribution in [0.5, 0.6) is 0 Å². The maximum absolute atomic E-state index is 13.1. The Morgan fingerprint density at radius 3 is 2.89 bits per heavy atom. The van der Waals surface area contributed by atoms with Crippen LogP contribution in [0.1, 0.15) is 34.3 Å². The molecule has 0 radical (unpaired) electrons. The summed E-state index contributed by atoms with van der Waals surface area (Å²) in [6.45, 7) is 4.27. The van der Waals surface area contributed by atoms with Crippen LogP contribution in [0.4, 0.5) is 0 Å². The number of hydrogen-bond acceptors (Lipinski definition) is 6. The van der Waals surface area contributed by atoms with E-state index in [0.29, 0.717) is 25.1 Å². The van der Waals surface area contributed by atoms with E-state index in [0.717, 1.165) is 37.4 Å². The van der Waals surface area contributed by atoms with Gasteiger partial charge in [-0.3, -0.25) is 24.6 Å². The SMILES string of the molecule is CN(Cc1cccc2c1C(=O)N(C1CCC(=O)NC1=O)C2)CC1CNCCO1. The summed E-state index contributed by atoms with van der Waals surface area (Å²) in [5, 5.41) is 5.67. The van der Waals surface area contributed by atoms with E-state index >= 15 is 0 Å². The Hall–Kier alpha value is -2.29. The van der Waals surface area contributed by atoms with Crippen molar-refractivity contribution in [3.8, 4) is 0 Å². The summed E-state index contributed by atoms with van der Waals surface area (Å²) in [5.74, 6) is -0.769. The quantitative estimate of drug-likeness (QED) is 0.685. The zero-order chi connectivity index (χ0) is 19.7. The zero-order valence-electron chi connectivity index (χ0n) is 16.1. The Balaban J connectivity index is 1.47. The zero-order valence-corrected chi connectivity index (χ0v) is 16.1. The molecule has 3 amide bonds. The van der Waals surface area contributed by atoms with Gasteiger partial charge in [-0.15, -0.1) is 0 Å². The molecule has 8 heteroatoms. The first-order valence-corrected chi connectivity index (χ1v) is 9.79. The molecule has 8 nitrogen and oxygen atoms in total. The number of imide groups is 1. The molecule has 2 fully saturated rings. The highest BCUT2D eigenvalue weighted by molar-refractivity contribution is 6.05. The van der Waals surface area contributed by atoms with Crippen molar-refractivity contribution >= 4 is 17.7 Å². The number of rotatable bonds is 5. The minimum atomic E-state index is -0.579. The standard InChI is InChI=1S/C20H26N4O4/c1-23(12-15-9-21-7-8-28-15)10-13-3-2-4-14-11-24(20(27)18(13)14)16-5-6-17(25)22-19(16)26/h2-4,15-16,21H,5-12H2,1H3,(H,22,25,26). The number of benzene rings is 1. The van der Waals surface area contributed by atoms with Crippen LogP contribution in [0.3, 0.4) is 0 Å². The van der Waals surface area contributed by atoms with Gasteiger partial charge in [0.15, 0.2) is 0 Å². The molecule has 3 heterocycles. The van der Waals surface area contributed by atoms with E-state index in [-0.39, 0.29) is 30.2 Å². The van der Waals surface area contributed by atoms with Gasteiger partial charge in [0, 0.05) is 44.7 Å². The monoisotopic (exact) mass is 386 g/mol. The van der Waals surface area contributed by atoms with Crippen molar-refractivity contribution in [1.29, 1.82) is 0 Å². The van der Waals surface area contributed by atoms with Gasteiger partial charge < -0.3 is 15.0 Å². The largest absolute Gasteiger partial charge is 0.374 e. The van der Waals surface area contributed by atoms with Gasteiger partial charge in [-0.25, -0.2) is 0 Å². The highest BCUT2D eigenvalue weighted by atomic mass is 16.5. The highest BCUT2D eigenvalue weighted by Crippen LogP contribution is 2.30. The summed E-state index contributed by atoms with van der Waals surface area (Å²) >= 11 is 0. The van der Waals surface area contributed by atoms with Crippen LogP contribution < -0.4 is 10.6 Å². The Morgan fingerprint density at radius 1 is 1.29 bits per heavy atom. The molecule has 0 aliphatic carbocycles. The van der Waals surface area contributed by atoms with Gasteiger partial charge >= 0.3 is 0 Å². The number of morpholine rings is 1. The molecule has 2 atom stereocenters. The van der Waals surface area contributed by atoms with Crippen LogP contribution in [0.25, 0.3) is 0 Å². The van der Waals surface area contributed by atoms with Crippen molar-refractivity contribution in [1.82, 2.24) is 20.4 Å². The molecule has 0 saturated carbocycles. The highest BCUT2D eigenvalue weighted by Gasteiger charge is 2.40. The third-order valence-corrected chi connectivity index (χ3v) is 5.60. The van der Waals surface area contributed by atoms with E-state index < -0.39 is 6.04 Å². The molecule has 4 rings (SSSR count). The van der Waals surface area contributed by atoms with Crippen LogP contribution in [-0.2, 0) is 27.4 Å². The summed E-state index contributed by atoms with van der Waals surface area (Å²) in [7, 11) is 2.02. The van der Waals surface area contributed by atoms with Gasteiger partial charge in [0.2, 0.25) is 11.8 Å². The number of likely N-dealkylation sites (N-methyl/N-ethyl adjacent to an activating group) is 1. The number of piperidine rings is 1. The van der Waals surface area contributed by atoms with Crippen molar-refractivity contribution in [2.45, 2.75) is 38.1 Å². The number of amides is 3. The molecule has 2 unspecified atom stereocenters. The molecule has 3 aliphatic rings. The predicted molar refractivity (Wildman–Crippen MR) is 101 cm³/mol. The van der Waals surface area contributed by atoms with Gasteiger partial charge in [0.25, 0.3) is 5.91 Å². The van der Waals surface area contributed by atoms with Crippen molar-refractivity contribution in [2.75, 3.05) is 33.3 Å². The lowest BCUT2D eigenvalue weighted by Gasteiger charge is -2.29. The summed E-state index contributed by atoms with van der Waals surface area (Å²) in [5.41, 5.74) is 2.60. The van der Waals surface area contributed by atoms with E-state index in [1.165, 1.54) is 0 Å². The summed E-state index contributed by atoms with van der Waals surface area (Å²) < 4.78 is 5.77. The second-order valence-electron chi connectivity index (χ2n) is 7.74. The first-order valence-electron chi connectivity index (χ1n) is 9.79. The second-order valence-corrected chi connectivity index (χ2v) is 7.74. The molecule has 1 aromatic rings. The molecule has 2 N–H and O–H groups in total. The van der Waals surface area contributed by atoms with Gasteiger partial charge in [-0.2, -0.15) is 0 Å². The first-order chi connectivity index (χ1) is 13.5. The molecule has 0 spiro atoms. The molecule has 3 aliphatic heterocycles. The third-order valence-electron chi connectivity index (χ3n) is 5.60. The number of fused-ring (bicyclic) bond motifs is 1. The molecule has 2 saturated heterocycles. The fourth-order valence-corrected chi connectivity index (χ4v) is 4.26. The lowest BCUT2D eigenvalue weighted by Crippen LogP contribution is -2.52. The Morgan fingerprint density at radius 2 is 2.14 bits per heavy atom. The molecule has 150 valence electrons. The van der Waals surface area contributed by atoms with Crippen LogP contribution in [0.15, 0.2) is 18.2 Å². The third kappa shape index (κ3) is 3.80. The Labute approximate surface area is 164 Å². The maximum Gasteiger partial charge on any atom is 0.255 e. The van der Waals surface area contributed by atoms with Crippen molar-refractivity contribution < 1.29 is 19.1 Å². The number of carbonyl (C=O) groups is 3. The smallest absolute Gasteiger partial charge is 0.255 e. The minimum absolute atomic E-state index is 0.121. The van der Waals surface area contributed by atoms with Gasteiger partial charge in [0.05, 0.1) is 12.7 Å². The minimum Gasteiger partial charge on any atom is -0.374 e. The lowest BCUT2D eigenvalue weighted by atomic mass is 10.0. The topological polar surface area (TPSA) is 91.0 Å². The molecule has 1 aromatic carbocycles. The van der Waals surface area contributed by atoms with Crippen molar-refractivity contribution in [2.24, 2.45) is 0 Å². The van der Waals surface area contributed by atoms with Crippen LogP contribution >= 0.6 is 0 Å². The average molecular weight is 386 g/mol. The van der Waals surface area contributed by atoms with Crippen LogP contribution in [0.2, 0.25) is 0 Å². The summed E-state index contributed by atoms with van der Waals surface area (Å²) in [6.07, 6.45) is 0.791. The van der Waals surface area contributed by atoms with Crippen molar-refractivity contribution in [3.05, 3.63) is 34.9 Å². The average Bonchev–Trinajstić information content (AvgIpc) is 3.00. The van der Waals surface area contributed by atoms with Crippen molar-refractivity contribution in [3.63, 3.8) is 0 Å². The fraction of sp³-hybridized carbons (Fsp3) is 0.550. The first kappa shape index (κ1) is 19.0. The van der Waals surface area contributed by atoms with Gasteiger partial charge in [0.1, 0.15) is 6.04 Å². The van der Waals surface area contributed by atoms with E-state index in [2.05, 4.69) is 15.5 Å². The molecular formula is C20H26N4O4. The Kier molecular flexibility index (Phi) is 5.43. The summed E-state index contributed by atoms with van der Waals surface area (Å²) in [6, 6.07) is 5.30. The van der Waals surface area contributed by atoms with Crippen LogP contribution in [0, 0.1) is 0 Å². The number of nitrogens with one attached hydrogen (secondary N) is 2.